The van der Waals surface area contributed by atoms with Gasteiger partial charge >= 0.3 is 0 Å². The molecule has 1 aromatic carbocycles. The number of likely N-dealkylation sites (tertiary alicyclic amines) is 1. The molecule has 0 spiro atoms. The zero-order valence-corrected chi connectivity index (χ0v) is 15.3. The maximum atomic E-state index is 13.1. The highest BCUT2D eigenvalue weighted by molar-refractivity contribution is 7.12. The van der Waals surface area contributed by atoms with Crippen LogP contribution in [0.3, 0.4) is 0 Å². The average Bonchev–Trinajstić information content (AvgIpc) is 3.28. The smallest absolute Gasteiger partial charge is 0.253 e. The van der Waals surface area contributed by atoms with Crippen LogP contribution in [0, 0.1) is 6.92 Å². The maximum absolute atomic E-state index is 13.1. The molecule has 25 heavy (non-hydrogen) atoms. The van der Waals surface area contributed by atoms with E-state index in [1.54, 1.807) is 18.4 Å². The zero-order chi connectivity index (χ0) is 17.4. The van der Waals surface area contributed by atoms with E-state index in [4.69, 9.17) is 9.47 Å². The van der Waals surface area contributed by atoms with Gasteiger partial charge in [-0.3, -0.25) is 4.79 Å². The first-order chi connectivity index (χ1) is 12.2. The van der Waals surface area contributed by atoms with Crippen molar-refractivity contribution in [1.82, 2.24) is 4.90 Å². The van der Waals surface area contributed by atoms with Gasteiger partial charge in [-0.15, -0.1) is 11.3 Å². The van der Waals surface area contributed by atoms with Gasteiger partial charge in [-0.1, -0.05) is 0 Å². The number of ether oxygens (including phenoxy) is 2. The second-order valence-electron chi connectivity index (χ2n) is 6.47. The normalized spacial score (nSPS) is 19.2. The molecular weight excluding hydrogens is 334 g/mol. The molecule has 0 N–H and O–H groups in total. The molecule has 1 saturated heterocycles. The van der Waals surface area contributed by atoms with Crippen LogP contribution >= 0.6 is 11.3 Å². The van der Waals surface area contributed by atoms with Crippen molar-refractivity contribution in [2.75, 3.05) is 20.3 Å². The van der Waals surface area contributed by atoms with E-state index in [-0.39, 0.29) is 11.9 Å². The Morgan fingerprint density at radius 3 is 2.96 bits per heavy atom. The summed E-state index contributed by atoms with van der Waals surface area (Å²) in [5.41, 5.74) is 1.65. The number of amides is 1. The third-order valence-corrected chi connectivity index (χ3v) is 5.91. The second kappa shape index (κ2) is 6.56. The number of carbonyl (C=O) groups excluding carboxylic acids is 1. The quantitative estimate of drug-likeness (QED) is 0.828. The number of rotatable bonds is 3. The molecule has 0 radical (unpaired) electrons. The zero-order valence-electron chi connectivity index (χ0n) is 14.5. The fourth-order valence-electron chi connectivity index (χ4n) is 3.52. The van der Waals surface area contributed by atoms with Crippen molar-refractivity contribution in [3.63, 3.8) is 0 Å². The fraction of sp³-hybridized carbons (Fsp3) is 0.350. The lowest BCUT2D eigenvalue weighted by Crippen LogP contribution is -2.33. The Morgan fingerprint density at radius 2 is 2.20 bits per heavy atom. The van der Waals surface area contributed by atoms with E-state index in [2.05, 4.69) is 19.1 Å². The van der Waals surface area contributed by atoms with Crippen LogP contribution in [-0.4, -0.2) is 31.1 Å². The summed E-state index contributed by atoms with van der Waals surface area (Å²) in [6.07, 6.45) is 4.04. The highest BCUT2D eigenvalue weighted by Crippen LogP contribution is 2.38. The summed E-state index contributed by atoms with van der Waals surface area (Å²) in [7, 11) is 1.63. The summed E-state index contributed by atoms with van der Waals surface area (Å²) in [5, 5.41) is 0. The van der Waals surface area contributed by atoms with Crippen molar-refractivity contribution in [2.45, 2.75) is 25.8 Å². The molecule has 2 aliphatic heterocycles. The number of hydrogen-bond donors (Lipinski definition) is 0. The maximum Gasteiger partial charge on any atom is 0.253 e. The third-order valence-electron chi connectivity index (χ3n) is 4.81. The summed E-state index contributed by atoms with van der Waals surface area (Å²) in [6.45, 7) is 3.23. The Bertz CT molecular complexity index is 839. The Kier molecular flexibility index (Phi) is 4.25. The number of methoxy groups -OCH3 is 1. The van der Waals surface area contributed by atoms with Crippen LogP contribution in [0.5, 0.6) is 11.5 Å². The highest BCUT2D eigenvalue weighted by atomic mass is 32.1. The first-order valence-corrected chi connectivity index (χ1v) is 9.36. The summed E-state index contributed by atoms with van der Waals surface area (Å²) in [6, 6.07) is 10.2. The number of hydrogen-bond acceptors (Lipinski definition) is 4. The van der Waals surface area contributed by atoms with Gasteiger partial charge in [0.15, 0.2) is 0 Å². The van der Waals surface area contributed by atoms with Crippen LogP contribution in [-0.2, 0) is 4.79 Å². The lowest BCUT2D eigenvalue weighted by Gasteiger charge is -2.27. The van der Waals surface area contributed by atoms with Gasteiger partial charge < -0.3 is 14.4 Å². The van der Waals surface area contributed by atoms with Gasteiger partial charge in [-0.05, 0) is 50.1 Å². The van der Waals surface area contributed by atoms with E-state index in [0.717, 1.165) is 42.0 Å². The molecule has 1 unspecified atom stereocenters. The van der Waals surface area contributed by atoms with Gasteiger partial charge in [0.2, 0.25) is 0 Å². The number of thiophene rings is 1. The Labute approximate surface area is 151 Å². The van der Waals surface area contributed by atoms with Gasteiger partial charge in [0, 0.05) is 27.9 Å². The summed E-state index contributed by atoms with van der Waals surface area (Å²) in [4.78, 5) is 17.7. The first-order valence-electron chi connectivity index (χ1n) is 8.54. The molecule has 4 rings (SSSR count). The van der Waals surface area contributed by atoms with E-state index in [1.807, 2.05) is 29.2 Å². The van der Waals surface area contributed by atoms with E-state index in [0.29, 0.717) is 6.61 Å². The third kappa shape index (κ3) is 3.04. The SMILES string of the molecule is COc1ccc2c(c1)OCC(C(=O)N1CCCC1c1ccc(C)s1)=C2. The molecule has 5 heteroatoms. The molecule has 0 bridgehead atoms. The number of fused-ring (bicyclic) bond motifs is 1. The van der Waals surface area contributed by atoms with E-state index in [9.17, 15) is 4.79 Å². The lowest BCUT2D eigenvalue weighted by molar-refractivity contribution is -0.128. The van der Waals surface area contributed by atoms with Crippen molar-refractivity contribution >= 4 is 23.3 Å². The molecule has 1 amide bonds. The van der Waals surface area contributed by atoms with E-state index in [1.165, 1.54) is 9.75 Å². The lowest BCUT2D eigenvalue weighted by atomic mass is 10.1. The molecule has 1 fully saturated rings. The number of carbonyl (C=O) groups is 1. The van der Waals surface area contributed by atoms with Crippen LogP contribution in [0.4, 0.5) is 0 Å². The van der Waals surface area contributed by atoms with Crippen molar-refractivity contribution in [2.24, 2.45) is 0 Å². The Morgan fingerprint density at radius 1 is 1.32 bits per heavy atom. The molecule has 3 heterocycles. The highest BCUT2D eigenvalue weighted by Gasteiger charge is 2.33. The average molecular weight is 355 g/mol. The number of aryl methyl sites for hydroxylation is 1. The topological polar surface area (TPSA) is 38.8 Å². The minimum Gasteiger partial charge on any atom is -0.497 e. The van der Waals surface area contributed by atoms with Gasteiger partial charge in [-0.25, -0.2) is 0 Å². The predicted octanol–water partition coefficient (Wildman–Crippen LogP) is 4.20. The van der Waals surface area contributed by atoms with Crippen molar-refractivity contribution in [1.29, 1.82) is 0 Å². The molecule has 0 aliphatic carbocycles. The molecule has 4 nitrogen and oxygen atoms in total. The van der Waals surface area contributed by atoms with Gasteiger partial charge in [0.1, 0.15) is 18.1 Å². The second-order valence-corrected chi connectivity index (χ2v) is 7.79. The van der Waals surface area contributed by atoms with Crippen LogP contribution < -0.4 is 9.47 Å². The van der Waals surface area contributed by atoms with Crippen LogP contribution in [0.15, 0.2) is 35.9 Å². The van der Waals surface area contributed by atoms with Crippen molar-refractivity contribution in [3.05, 3.63) is 51.2 Å². The van der Waals surface area contributed by atoms with Crippen molar-refractivity contribution in [3.8, 4) is 11.5 Å². The number of nitrogens with zero attached hydrogens (tertiary/aromatic N) is 1. The van der Waals surface area contributed by atoms with Crippen LogP contribution in [0.2, 0.25) is 0 Å². The first kappa shape index (κ1) is 16.2. The van der Waals surface area contributed by atoms with Gasteiger partial charge in [-0.2, -0.15) is 0 Å². The summed E-state index contributed by atoms with van der Waals surface area (Å²) in [5.74, 6) is 1.62. The molecule has 130 valence electrons. The number of benzene rings is 1. The van der Waals surface area contributed by atoms with E-state index < -0.39 is 0 Å². The Balaban J connectivity index is 1.58. The molecule has 2 aliphatic rings. The largest absolute Gasteiger partial charge is 0.497 e. The summed E-state index contributed by atoms with van der Waals surface area (Å²) >= 11 is 1.79. The molecule has 0 saturated carbocycles. The van der Waals surface area contributed by atoms with Crippen LogP contribution in [0.1, 0.15) is 34.2 Å². The van der Waals surface area contributed by atoms with Crippen LogP contribution in [0.25, 0.3) is 6.08 Å². The van der Waals surface area contributed by atoms with E-state index >= 15 is 0 Å². The molecular formula is C20H21NO3S. The fourth-order valence-corrected chi connectivity index (χ4v) is 4.54. The minimum atomic E-state index is 0.0926. The summed E-state index contributed by atoms with van der Waals surface area (Å²) < 4.78 is 11.0. The molecule has 1 aromatic heterocycles. The molecule has 1 atom stereocenters. The minimum absolute atomic E-state index is 0.0926. The predicted molar refractivity (Wildman–Crippen MR) is 99.2 cm³/mol. The van der Waals surface area contributed by atoms with Crippen molar-refractivity contribution < 1.29 is 14.3 Å². The monoisotopic (exact) mass is 355 g/mol. The molecule has 2 aromatic rings. The Hall–Kier alpha value is -2.27. The van der Waals surface area contributed by atoms with Gasteiger partial charge in [0.05, 0.1) is 18.7 Å². The standard InChI is InChI=1S/C20H21NO3S/c1-13-5-8-19(25-13)17-4-3-9-21(17)20(22)15-10-14-6-7-16(23-2)11-18(14)24-12-15/h5-8,10-11,17H,3-4,9,12H2,1-2H3. The van der Waals surface area contributed by atoms with Gasteiger partial charge in [0.25, 0.3) is 5.91 Å².